The summed E-state index contributed by atoms with van der Waals surface area (Å²) in [4.78, 5) is 14.1. The number of furan rings is 1. The van der Waals surface area contributed by atoms with Crippen LogP contribution in [0.3, 0.4) is 0 Å². The zero-order chi connectivity index (χ0) is 15.2. The van der Waals surface area contributed by atoms with E-state index in [1.807, 2.05) is 38.4 Å². The fourth-order valence-corrected chi connectivity index (χ4v) is 2.38. The van der Waals surface area contributed by atoms with Gasteiger partial charge in [-0.2, -0.15) is 0 Å². The largest absolute Gasteiger partial charge is 0.451 e. The van der Waals surface area contributed by atoms with E-state index in [1.54, 1.807) is 0 Å². The summed E-state index contributed by atoms with van der Waals surface area (Å²) in [5.41, 5.74) is 3.73. The highest BCUT2D eigenvalue weighted by molar-refractivity contribution is 5.98. The minimum atomic E-state index is -0.398. The van der Waals surface area contributed by atoms with Crippen molar-refractivity contribution in [2.45, 2.75) is 13.0 Å². The highest BCUT2D eigenvalue weighted by Gasteiger charge is 2.20. The monoisotopic (exact) mass is 290 g/mol. The van der Waals surface area contributed by atoms with E-state index in [2.05, 4.69) is 15.6 Å². The molecule has 114 valence electrons. The molecule has 0 aliphatic carbocycles. The van der Waals surface area contributed by atoms with Gasteiger partial charge in [-0.15, -0.1) is 0 Å². The summed E-state index contributed by atoms with van der Waals surface area (Å²) in [6, 6.07) is 7.64. The van der Waals surface area contributed by atoms with E-state index in [4.69, 9.17) is 10.3 Å². The quantitative estimate of drug-likeness (QED) is 0.307. The summed E-state index contributed by atoms with van der Waals surface area (Å²) in [5.74, 6) is 5.13. The number of carbonyl (C=O) groups is 1. The standard InChI is InChI=1S/C15H22N4O2/c1-17-8-5-9-19(2)10-12-11-6-3-4-7-13(11)21-14(12)15(20)18-16/h3-4,6-7,17H,5,8-10,16H2,1-2H3,(H,18,20). The molecule has 0 atom stereocenters. The van der Waals surface area contributed by atoms with Gasteiger partial charge in [0.15, 0.2) is 5.76 Å². The maximum atomic E-state index is 11.9. The molecular weight excluding hydrogens is 268 g/mol. The third kappa shape index (κ3) is 3.60. The van der Waals surface area contributed by atoms with Gasteiger partial charge in [0.2, 0.25) is 0 Å². The lowest BCUT2D eigenvalue weighted by molar-refractivity contribution is 0.0925. The Morgan fingerprint density at radius 1 is 1.38 bits per heavy atom. The van der Waals surface area contributed by atoms with Crippen LogP contribution in [0.5, 0.6) is 0 Å². The normalized spacial score (nSPS) is 11.2. The van der Waals surface area contributed by atoms with Crippen molar-refractivity contribution in [2.75, 3.05) is 27.2 Å². The van der Waals surface area contributed by atoms with E-state index in [-0.39, 0.29) is 0 Å². The van der Waals surface area contributed by atoms with Crippen molar-refractivity contribution < 1.29 is 9.21 Å². The molecule has 0 radical (unpaired) electrons. The zero-order valence-corrected chi connectivity index (χ0v) is 12.5. The van der Waals surface area contributed by atoms with Crippen molar-refractivity contribution in [3.05, 3.63) is 35.6 Å². The lowest BCUT2D eigenvalue weighted by Gasteiger charge is -2.16. The van der Waals surface area contributed by atoms with Crippen molar-refractivity contribution in [1.29, 1.82) is 0 Å². The number of amides is 1. The Morgan fingerprint density at radius 3 is 2.86 bits per heavy atom. The second-order valence-corrected chi connectivity index (χ2v) is 5.07. The number of nitrogens with zero attached hydrogens (tertiary/aromatic N) is 1. The maximum absolute atomic E-state index is 11.9. The van der Waals surface area contributed by atoms with E-state index in [0.29, 0.717) is 17.9 Å². The number of hydrogen-bond donors (Lipinski definition) is 3. The van der Waals surface area contributed by atoms with Gasteiger partial charge in [0, 0.05) is 17.5 Å². The van der Waals surface area contributed by atoms with Gasteiger partial charge in [-0.05, 0) is 39.7 Å². The number of nitrogen functional groups attached to an aromatic ring is 1. The first-order chi connectivity index (χ1) is 10.2. The summed E-state index contributed by atoms with van der Waals surface area (Å²) in [7, 11) is 3.97. The maximum Gasteiger partial charge on any atom is 0.301 e. The molecule has 0 saturated carbocycles. The Balaban J connectivity index is 2.25. The van der Waals surface area contributed by atoms with Gasteiger partial charge in [-0.1, -0.05) is 18.2 Å². The summed E-state index contributed by atoms with van der Waals surface area (Å²) >= 11 is 0. The molecule has 1 heterocycles. The summed E-state index contributed by atoms with van der Waals surface area (Å²) in [6.07, 6.45) is 1.04. The van der Waals surface area contributed by atoms with Gasteiger partial charge in [-0.25, -0.2) is 5.84 Å². The predicted octanol–water partition coefficient (Wildman–Crippen LogP) is 1.08. The van der Waals surface area contributed by atoms with Crippen molar-refractivity contribution >= 4 is 16.9 Å². The number of rotatable bonds is 7. The first-order valence-electron chi connectivity index (χ1n) is 7.02. The van der Waals surface area contributed by atoms with Crippen LogP contribution in [0.1, 0.15) is 22.5 Å². The molecule has 1 aromatic heterocycles. The molecule has 1 amide bonds. The number of para-hydroxylation sites is 1. The highest BCUT2D eigenvalue weighted by atomic mass is 16.3. The smallest absolute Gasteiger partial charge is 0.301 e. The van der Waals surface area contributed by atoms with Crippen molar-refractivity contribution in [2.24, 2.45) is 5.84 Å². The number of fused-ring (bicyclic) bond motifs is 1. The first kappa shape index (κ1) is 15.5. The minimum absolute atomic E-state index is 0.291. The molecule has 2 aromatic rings. The van der Waals surface area contributed by atoms with Crippen LogP contribution in [-0.4, -0.2) is 38.0 Å². The Labute approximate surface area is 124 Å². The molecule has 6 nitrogen and oxygen atoms in total. The molecule has 6 heteroatoms. The molecule has 0 spiro atoms. The molecule has 21 heavy (non-hydrogen) atoms. The minimum Gasteiger partial charge on any atom is -0.451 e. The zero-order valence-electron chi connectivity index (χ0n) is 12.5. The third-order valence-electron chi connectivity index (χ3n) is 3.43. The molecule has 0 aliphatic heterocycles. The summed E-state index contributed by atoms with van der Waals surface area (Å²) in [5, 5.41) is 4.08. The molecule has 0 unspecified atom stereocenters. The van der Waals surface area contributed by atoms with Gasteiger partial charge in [-0.3, -0.25) is 10.2 Å². The molecule has 0 saturated heterocycles. The van der Waals surface area contributed by atoms with Gasteiger partial charge in [0.1, 0.15) is 5.58 Å². The van der Waals surface area contributed by atoms with E-state index in [9.17, 15) is 4.79 Å². The molecular formula is C15H22N4O2. The summed E-state index contributed by atoms with van der Waals surface area (Å²) in [6.45, 7) is 2.54. The molecule has 0 aliphatic rings. The Bertz CT molecular complexity index is 609. The highest BCUT2D eigenvalue weighted by Crippen LogP contribution is 2.26. The fraction of sp³-hybridized carbons (Fsp3) is 0.400. The lowest BCUT2D eigenvalue weighted by Crippen LogP contribution is -2.31. The second-order valence-electron chi connectivity index (χ2n) is 5.07. The Kier molecular flexibility index (Phi) is 5.32. The lowest BCUT2D eigenvalue weighted by atomic mass is 10.1. The van der Waals surface area contributed by atoms with E-state index >= 15 is 0 Å². The number of hydrogen-bond acceptors (Lipinski definition) is 5. The molecule has 0 fully saturated rings. The van der Waals surface area contributed by atoms with Gasteiger partial charge >= 0.3 is 5.91 Å². The molecule has 0 bridgehead atoms. The fourth-order valence-electron chi connectivity index (χ4n) is 2.38. The van der Waals surface area contributed by atoms with E-state index in [0.717, 1.165) is 30.5 Å². The van der Waals surface area contributed by atoms with E-state index < -0.39 is 5.91 Å². The number of hydrazine groups is 1. The van der Waals surface area contributed by atoms with Gasteiger partial charge < -0.3 is 14.6 Å². The topological polar surface area (TPSA) is 83.5 Å². The van der Waals surface area contributed by atoms with Crippen LogP contribution in [0.2, 0.25) is 0 Å². The Hall–Kier alpha value is -1.89. The van der Waals surface area contributed by atoms with Crippen molar-refractivity contribution in [3.8, 4) is 0 Å². The third-order valence-corrected chi connectivity index (χ3v) is 3.43. The van der Waals surface area contributed by atoms with Crippen LogP contribution >= 0.6 is 0 Å². The van der Waals surface area contributed by atoms with Gasteiger partial charge in [0.25, 0.3) is 0 Å². The van der Waals surface area contributed by atoms with Crippen LogP contribution in [0.15, 0.2) is 28.7 Å². The van der Waals surface area contributed by atoms with Crippen LogP contribution in [0, 0.1) is 0 Å². The second kappa shape index (κ2) is 7.21. The van der Waals surface area contributed by atoms with Crippen LogP contribution < -0.4 is 16.6 Å². The molecule has 4 N–H and O–H groups in total. The SMILES string of the molecule is CNCCCN(C)Cc1c(C(=O)NN)oc2ccccc12. The van der Waals surface area contributed by atoms with E-state index in [1.165, 1.54) is 0 Å². The number of carbonyl (C=O) groups excluding carboxylic acids is 1. The average Bonchev–Trinajstić information content (AvgIpc) is 2.85. The number of nitrogens with one attached hydrogen (secondary N) is 2. The Morgan fingerprint density at radius 2 is 2.14 bits per heavy atom. The predicted molar refractivity (Wildman–Crippen MR) is 82.7 cm³/mol. The van der Waals surface area contributed by atoms with Gasteiger partial charge in [0.05, 0.1) is 0 Å². The number of nitrogens with two attached hydrogens (primary N) is 1. The summed E-state index contributed by atoms with van der Waals surface area (Å²) < 4.78 is 5.65. The van der Waals surface area contributed by atoms with Crippen molar-refractivity contribution in [3.63, 3.8) is 0 Å². The first-order valence-corrected chi connectivity index (χ1v) is 7.02. The van der Waals surface area contributed by atoms with Crippen LogP contribution in [-0.2, 0) is 6.54 Å². The molecule has 1 aromatic carbocycles. The average molecular weight is 290 g/mol. The van der Waals surface area contributed by atoms with Crippen molar-refractivity contribution in [1.82, 2.24) is 15.6 Å². The molecule has 2 rings (SSSR count). The van der Waals surface area contributed by atoms with Crippen LogP contribution in [0.4, 0.5) is 0 Å². The van der Waals surface area contributed by atoms with Crippen LogP contribution in [0.25, 0.3) is 11.0 Å². The number of benzene rings is 1.